The van der Waals surface area contributed by atoms with Gasteiger partial charge in [-0.2, -0.15) is 0 Å². The topological polar surface area (TPSA) is 62.3 Å². The van der Waals surface area contributed by atoms with Gasteiger partial charge in [-0.3, -0.25) is 19.5 Å². The zero-order valence-corrected chi connectivity index (χ0v) is 16.6. The van der Waals surface area contributed by atoms with Crippen LogP contribution < -0.4 is 10.2 Å². The Labute approximate surface area is 170 Å². The van der Waals surface area contributed by atoms with Crippen molar-refractivity contribution in [2.24, 2.45) is 0 Å². The van der Waals surface area contributed by atoms with E-state index < -0.39 is 6.04 Å². The molecule has 0 unspecified atom stereocenters. The molecule has 0 aliphatic carbocycles. The van der Waals surface area contributed by atoms with E-state index in [-0.39, 0.29) is 18.2 Å². The van der Waals surface area contributed by atoms with Gasteiger partial charge in [0.25, 0.3) is 5.91 Å². The molecule has 1 aliphatic heterocycles. The first-order valence-corrected chi connectivity index (χ1v) is 9.70. The van der Waals surface area contributed by atoms with Gasteiger partial charge in [0.05, 0.1) is 23.7 Å². The summed E-state index contributed by atoms with van der Waals surface area (Å²) in [5, 5.41) is 2.98. The lowest BCUT2D eigenvalue weighted by molar-refractivity contribution is -0.121. The number of pyridine rings is 1. The maximum Gasteiger partial charge on any atom is 0.260 e. The third kappa shape index (κ3) is 3.90. The van der Waals surface area contributed by atoms with Crippen molar-refractivity contribution in [3.8, 4) is 0 Å². The molecule has 146 valence electrons. The summed E-state index contributed by atoms with van der Waals surface area (Å²) in [5.74, 6) is -0.228. The van der Waals surface area contributed by atoms with E-state index in [0.717, 1.165) is 22.4 Å². The molecule has 29 heavy (non-hydrogen) atoms. The minimum Gasteiger partial charge on any atom is -0.352 e. The highest BCUT2D eigenvalue weighted by Gasteiger charge is 2.39. The minimum absolute atomic E-state index is 0.111. The summed E-state index contributed by atoms with van der Waals surface area (Å²) >= 11 is 0. The number of benzene rings is 2. The monoisotopic (exact) mass is 385 g/mol. The van der Waals surface area contributed by atoms with Gasteiger partial charge in [-0.15, -0.1) is 0 Å². The molecule has 1 aliphatic rings. The van der Waals surface area contributed by atoms with E-state index >= 15 is 0 Å². The zero-order chi connectivity index (χ0) is 20.4. The number of rotatable bonds is 5. The Morgan fingerprint density at radius 2 is 1.83 bits per heavy atom. The van der Waals surface area contributed by atoms with Crippen LogP contribution in [0, 0.1) is 13.8 Å². The average Bonchev–Trinajstić information content (AvgIpc) is 2.99. The Hall–Kier alpha value is -3.47. The van der Waals surface area contributed by atoms with E-state index in [1.807, 2.05) is 56.3 Å². The van der Waals surface area contributed by atoms with Crippen LogP contribution in [-0.2, 0) is 11.3 Å². The van der Waals surface area contributed by atoms with Crippen LogP contribution in [0.4, 0.5) is 5.69 Å². The fourth-order valence-corrected chi connectivity index (χ4v) is 3.72. The van der Waals surface area contributed by atoms with E-state index in [4.69, 9.17) is 0 Å². The third-order valence-electron chi connectivity index (χ3n) is 5.18. The lowest BCUT2D eigenvalue weighted by Gasteiger charge is -2.24. The highest BCUT2D eigenvalue weighted by atomic mass is 16.2. The van der Waals surface area contributed by atoms with Gasteiger partial charge in [-0.1, -0.05) is 47.5 Å². The van der Waals surface area contributed by atoms with E-state index in [1.165, 1.54) is 0 Å². The fraction of sp³-hybridized carbons (Fsp3) is 0.208. The van der Waals surface area contributed by atoms with Crippen LogP contribution in [0.5, 0.6) is 0 Å². The molecule has 5 nitrogen and oxygen atoms in total. The first kappa shape index (κ1) is 18.9. The van der Waals surface area contributed by atoms with Gasteiger partial charge in [-0.05, 0) is 43.7 Å². The van der Waals surface area contributed by atoms with Crippen molar-refractivity contribution in [1.82, 2.24) is 10.3 Å². The molecule has 3 aromatic rings. The van der Waals surface area contributed by atoms with Crippen LogP contribution >= 0.6 is 0 Å². The molecule has 2 aromatic carbocycles. The van der Waals surface area contributed by atoms with Crippen LogP contribution in [0.3, 0.4) is 0 Å². The van der Waals surface area contributed by atoms with Crippen LogP contribution in [0.15, 0.2) is 66.9 Å². The Morgan fingerprint density at radius 1 is 1.03 bits per heavy atom. The largest absolute Gasteiger partial charge is 0.352 e. The third-order valence-corrected chi connectivity index (χ3v) is 5.18. The van der Waals surface area contributed by atoms with Gasteiger partial charge in [0, 0.05) is 18.4 Å². The molecule has 0 bridgehead atoms. The normalized spacial score (nSPS) is 15.3. The number of nitrogens with one attached hydrogen (secondary N) is 1. The average molecular weight is 385 g/mol. The Balaban J connectivity index is 1.56. The summed E-state index contributed by atoms with van der Waals surface area (Å²) < 4.78 is 0. The number of aryl methyl sites for hydroxylation is 2. The fourth-order valence-electron chi connectivity index (χ4n) is 3.72. The summed E-state index contributed by atoms with van der Waals surface area (Å²) in [7, 11) is 0. The second kappa shape index (κ2) is 7.87. The van der Waals surface area contributed by atoms with Crippen LogP contribution in [0.1, 0.15) is 45.2 Å². The van der Waals surface area contributed by atoms with Gasteiger partial charge in [0.15, 0.2) is 0 Å². The van der Waals surface area contributed by atoms with Crippen molar-refractivity contribution < 1.29 is 9.59 Å². The van der Waals surface area contributed by atoms with Crippen LogP contribution in [0.25, 0.3) is 0 Å². The van der Waals surface area contributed by atoms with Crippen molar-refractivity contribution in [1.29, 1.82) is 0 Å². The summed E-state index contributed by atoms with van der Waals surface area (Å²) in [6.07, 6.45) is 1.83. The number of hydrogen-bond acceptors (Lipinski definition) is 3. The summed E-state index contributed by atoms with van der Waals surface area (Å²) in [6, 6.07) is 18.9. The molecule has 2 heterocycles. The molecule has 1 aromatic heterocycles. The molecule has 0 radical (unpaired) electrons. The molecule has 0 saturated heterocycles. The molecule has 4 rings (SSSR count). The highest BCUT2D eigenvalue weighted by molar-refractivity contribution is 6.11. The van der Waals surface area contributed by atoms with Crippen molar-refractivity contribution in [2.45, 2.75) is 32.9 Å². The van der Waals surface area contributed by atoms with Gasteiger partial charge in [0.1, 0.15) is 0 Å². The molecule has 5 heteroatoms. The molecule has 0 fully saturated rings. The smallest absolute Gasteiger partial charge is 0.260 e. The number of hydrogen-bond donors (Lipinski definition) is 1. The second-order valence-electron chi connectivity index (χ2n) is 7.43. The predicted molar refractivity (Wildman–Crippen MR) is 113 cm³/mol. The van der Waals surface area contributed by atoms with Gasteiger partial charge < -0.3 is 5.32 Å². The molecule has 1 atom stereocenters. The number of nitrogens with zero attached hydrogens (tertiary/aromatic N) is 2. The molecule has 0 saturated carbocycles. The number of anilines is 1. The first-order chi connectivity index (χ1) is 14.0. The van der Waals surface area contributed by atoms with Gasteiger partial charge >= 0.3 is 0 Å². The number of carbonyl (C=O) groups excluding carboxylic acids is 2. The number of aromatic nitrogens is 1. The van der Waals surface area contributed by atoms with E-state index in [2.05, 4.69) is 16.4 Å². The maximum absolute atomic E-state index is 13.0. The van der Waals surface area contributed by atoms with Gasteiger partial charge in [0.2, 0.25) is 5.91 Å². The molecule has 0 spiro atoms. The Morgan fingerprint density at radius 3 is 2.59 bits per heavy atom. The molecular weight excluding hydrogens is 362 g/mol. The zero-order valence-electron chi connectivity index (χ0n) is 16.6. The SMILES string of the molecule is Cc1ccc(N2C(=O)c3cccnc3[C@@H]2CC(=O)NCc2cccc(C)c2)cc1. The molecule has 2 amide bonds. The lowest BCUT2D eigenvalue weighted by atomic mass is 10.1. The quantitative estimate of drug-likeness (QED) is 0.719. The van der Waals surface area contributed by atoms with Crippen LogP contribution in [-0.4, -0.2) is 16.8 Å². The Bertz CT molecular complexity index is 1060. The van der Waals surface area contributed by atoms with Crippen LogP contribution in [0.2, 0.25) is 0 Å². The van der Waals surface area contributed by atoms with Crippen molar-refractivity contribution in [3.63, 3.8) is 0 Å². The maximum atomic E-state index is 13.0. The lowest BCUT2D eigenvalue weighted by Crippen LogP contribution is -2.33. The van der Waals surface area contributed by atoms with E-state index in [1.54, 1.807) is 23.2 Å². The highest BCUT2D eigenvalue weighted by Crippen LogP contribution is 2.38. The Kier molecular flexibility index (Phi) is 5.12. The van der Waals surface area contributed by atoms with Crippen molar-refractivity contribution >= 4 is 17.5 Å². The van der Waals surface area contributed by atoms with E-state index in [9.17, 15) is 9.59 Å². The number of fused-ring (bicyclic) bond motifs is 1. The second-order valence-corrected chi connectivity index (χ2v) is 7.43. The summed E-state index contributed by atoms with van der Waals surface area (Å²) in [5.41, 5.74) is 5.31. The molecular formula is C24H23N3O2. The predicted octanol–water partition coefficient (Wildman–Crippen LogP) is 4.11. The number of amides is 2. The standard InChI is InChI=1S/C24H23N3O2/c1-16-8-10-19(11-9-16)27-21(23-20(24(27)29)7-4-12-25-23)14-22(28)26-15-18-6-3-5-17(2)13-18/h3-13,21H,14-15H2,1-2H3,(H,26,28)/t21-/m0/s1. The summed E-state index contributed by atoms with van der Waals surface area (Å²) in [6.45, 7) is 4.49. The first-order valence-electron chi connectivity index (χ1n) is 9.70. The molecule has 1 N–H and O–H groups in total. The summed E-state index contributed by atoms with van der Waals surface area (Å²) in [4.78, 5) is 31.9. The van der Waals surface area contributed by atoms with E-state index in [0.29, 0.717) is 17.8 Å². The number of carbonyl (C=O) groups is 2. The van der Waals surface area contributed by atoms with Crippen molar-refractivity contribution in [2.75, 3.05) is 4.90 Å². The van der Waals surface area contributed by atoms with Crippen molar-refractivity contribution in [3.05, 3.63) is 94.8 Å². The minimum atomic E-state index is -0.418. The van der Waals surface area contributed by atoms with Gasteiger partial charge in [-0.25, -0.2) is 0 Å².